The highest BCUT2D eigenvalue weighted by molar-refractivity contribution is 6.13. The summed E-state index contributed by atoms with van der Waals surface area (Å²) in [6, 6.07) is 7.00. The first-order valence-corrected chi connectivity index (χ1v) is 7.69. The van der Waals surface area contributed by atoms with Crippen molar-refractivity contribution in [1.82, 2.24) is 10.6 Å². The molecule has 0 radical (unpaired) electrons. The average Bonchev–Trinajstić information content (AvgIpc) is 2.95. The number of hydrogen-bond acceptors (Lipinski definition) is 3. The molecule has 4 N–H and O–H groups in total. The number of halogens is 1. The smallest absolute Gasteiger partial charge is 0.322 e. The summed E-state index contributed by atoms with van der Waals surface area (Å²) in [5.41, 5.74) is 7.41. The van der Waals surface area contributed by atoms with E-state index in [9.17, 15) is 18.8 Å². The van der Waals surface area contributed by atoms with Gasteiger partial charge in [0.05, 0.1) is 6.42 Å². The minimum atomic E-state index is -1.50. The summed E-state index contributed by atoms with van der Waals surface area (Å²) in [5, 5.41) is 4.87. The number of benzene rings is 2. The van der Waals surface area contributed by atoms with Crippen molar-refractivity contribution in [2.45, 2.75) is 18.9 Å². The van der Waals surface area contributed by atoms with E-state index in [0.29, 0.717) is 27.8 Å². The van der Waals surface area contributed by atoms with Gasteiger partial charge in [-0.25, -0.2) is 9.18 Å². The molecular weight excluding hydrogens is 325 g/mol. The maximum atomic E-state index is 13.9. The molecule has 1 aliphatic carbocycles. The summed E-state index contributed by atoms with van der Waals surface area (Å²) >= 11 is 0. The molecule has 2 aliphatic rings. The Balaban J connectivity index is 2.11. The second-order valence-electron chi connectivity index (χ2n) is 6.34. The van der Waals surface area contributed by atoms with Crippen LogP contribution in [0.15, 0.2) is 30.3 Å². The third-order valence-corrected chi connectivity index (χ3v) is 4.66. The van der Waals surface area contributed by atoms with Crippen LogP contribution in [0.5, 0.6) is 0 Å². The number of nitrogens with two attached hydrogens (primary N) is 1. The number of rotatable bonds is 2. The molecule has 2 aromatic rings. The van der Waals surface area contributed by atoms with Crippen molar-refractivity contribution < 1.29 is 18.8 Å². The number of aryl methyl sites for hydroxylation is 1. The zero-order valence-electron chi connectivity index (χ0n) is 13.3. The van der Waals surface area contributed by atoms with E-state index in [1.54, 1.807) is 12.1 Å². The van der Waals surface area contributed by atoms with Crippen molar-refractivity contribution >= 4 is 17.8 Å². The van der Waals surface area contributed by atoms with Gasteiger partial charge >= 0.3 is 6.03 Å². The quantitative estimate of drug-likeness (QED) is 0.717. The van der Waals surface area contributed by atoms with Crippen LogP contribution in [0.1, 0.15) is 22.3 Å². The Morgan fingerprint density at radius 3 is 2.60 bits per heavy atom. The van der Waals surface area contributed by atoms with E-state index < -0.39 is 29.2 Å². The second kappa shape index (κ2) is 4.89. The standard InChI is InChI=1S/C18H14FN3O3/c1-8-4-9(6-14(20)23)15-11-3-2-10(19)7-12(11)18(13(15)5-8)16(24)21-17(25)22-18/h2-5,7H,6H2,1H3,(H2,20,23)(H2,21,22,24,25). The predicted molar refractivity (Wildman–Crippen MR) is 86.9 cm³/mol. The molecule has 25 heavy (non-hydrogen) atoms. The van der Waals surface area contributed by atoms with Crippen molar-refractivity contribution in [2.75, 3.05) is 0 Å². The number of primary amides is 1. The molecule has 4 amide bonds. The van der Waals surface area contributed by atoms with Gasteiger partial charge in [0.1, 0.15) is 5.82 Å². The Kier molecular flexibility index (Phi) is 3.00. The van der Waals surface area contributed by atoms with Crippen LogP contribution in [-0.4, -0.2) is 17.8 Å². The lowest BCUT2D eigenvalue weighted by atomic mass is 9.86. The lowest BCUT2D eigenvalue weighted by Gasteiger charge is -2.23. The van der Waals surface area contributed by atoms with Gasteiger partial charge in [-0.05, 0) is 35.7 Å². The van der Waals surface area contributed by atoms with Gasteiger partial charge in [-0.1, -0.05) is 23.8 Å². The fourth-order valence-electron chi connectivity index (χ4n) is 3.83. The van der Waals surface area contributed by atoms with Crippen molar-refractivity contribution in [3.8, 4) is 11.1 Å². The lowest BCUT2D eigenvalue weighted by molar-refractivity contribution is -0.122. The molecule has 2 aromatic carbocycles. The minimum absolute atomic E-state index is 0.0214. The molecule has 7 heteroatoms. The van der Waals surface area contributed by atoms with Gasteiger partial charge in [-0.2, -0.15) is 0 Å². The summed E-state index contributed by atoms with van der Waals surface area (Å²) in [7, 11) is 0. The molecule has 1 fully saturated rings. The summed E-state index contributed by atoms with van der Waals surface area (Å²) in [6.07, 6.45) is -0.0214. The molecule has 0 saturated carbocycles. The maximum absolute atomic E-state index is 13.9. The van der Waals surface area contributed by atoms with E-state index in [4.69, 9.17) is 5.73 Å². The molecular formula is C18H14FN3O3. The fraction of sp³-hybridized carbons (Fsp3) is 0.167. The average molecular weight is 339 g/mol. The molecule has 6 nitrogen and oxygen atoms in total. The summed E-state index contributed by atoms with van der Waals surface area (Å²) < 4.78 is 13.9. The normalized spacial score (nSPS) is 20.2. The van der Waals surface area contributed by atoms with Crippen molar-refractivity contribution in [2.24, 2.45) is 5.73 Å². The number of imide groups is 1. The summed E-state index contributed by atoms with van der Waals surface area (Å²) in [4.78, 5) is 36.0. The molecule has 126 valence electrons. The third-order valence-electron chi connectivity index (χ3n) is 4.66. The van der Waals surface area contributed by atoms with Crippen LogP contribution < -0.4 is 16.4 Å². The van der Waals surface area contributed by atoms with Gasteiger partial charge in [0.25, 0.3) is 5.91 Å². The zero-order valence-corrected chi connectivity index (χ0v) is 13.3. The highest BCUT2D eigenvalue weighted by Gasteiger charge is 2.55. The van der Waals surface area contributed by atoms with Crippen molar-refractivity contribution in [3.63, 3.8) is 0 Å². The number of carbonyl (C=O) groups excluding carboxylic acids is 3. The minimum Gasteiger partial charge on any atom is -0.369 e. The van der Waals surface area contributed by atoms with Crippen LogP contribution in [0.25, 0.3) is 11.1 Å². The monoisotopic (exact) mass is 339 g/mol. The van der Waals surface area contributed by atoms with E-state index in [0.717, 1.165) is 5.56 Å². The van der Waals surface area contributed by atoms with E-state index >= 15 is 0 Å². The van der Waals surface area contributed by atoms with E-state index in [1.807, 2.05) is 13.0 Å². The number of hydrogen-bond donors (Lipinski definition) is 3. The van der Waals surface area contributed by atoms with Gasteiger partial charge < -0.3 is 11.1 Å². The highest BCUT2D eigenvalue weighted by atomic mass is 19.1. The Morgan fingerprint density at radius 1 is 1.20 bits per heavy atom. The Morgan fingerprint density at radius 2 is 1.96 bits per heavy atom. The molecule has 1 atom stereocenters. The topological polar surface area (TPSA) is 101 Å². The van der Waals surface area contributed by atoms with Gasteiger partial charge in [0, 0.05) is 11.1 Å². The highest BCUT2D eigenvalue weighted by Crippen LogP contribution is 2.50. The first-order valence-electron chi connectivity index (χ1n) is 7.69. The molecule has 1 spiro atoms. The van der Waals surface area contributed by atoms with E-state index in [2.05, 4.69) is 10.6 Å². The van der Waals surface area contributed by atoms with Gasteiger partial charge in [0.15, 0.2) is 5.54 Å². The lowest BCUT2D eigenvalue weighted by Crippen LogP contribution is -2.43. The molecule has 4 rings (SSSR count). The molecule has 1 heterocycles. The fourth-order valence-corrected chi connectivity index (χ4v) is 3.83. The van der Waals surface area contributed by atoms with Crippen LogP contribution in [0, 0.1) is 12.7 Å². The summed E-state index contributed by atoms with van der Waals surface area (Å²) in [6.45, 7) is 1.82. The van der Waals surface area contributed by atoms with Gasteiger partial charge in [-0.15, -0.1) is 0 Å². The first kappa shape index (κ1) is 15.3. The van der Waals surface area contributed by atoms with Crippen LogP contribution in [-0.2, 0) is 21.5 Å². The molecule has 1 saturated heterocycles. The summed E-state index contributed by atoms with van der Waals surface area (Å²) in [5.74, 6) is -1.61. The predicted octanol–water partition coefficient (Wildman–Crippen LogP) is 1.23. The van der Waals surface area contributed by atoms with Crippen LogP contribution in [0.2, 0.25) is 0 Å². The van der Waals surface area contributed by atoms with E-state index in [-0.39, 0.29) is 6.42 Å². The van der Waals surface area contributed by atoms with E-state index in [1.165, 1.54) is 12.1 Å². The van der Waals surface area contributed by atoms with Gasteiger partial charge in [-0.3, -0.25) is 14.9 Å². The SMILES string of the molecule is Cc1cc(CC(N)=O)c2c(c1)C1(NC(=O)NC1=O)c1cc(F)ccc1-2. The third kappa shape index (κ3) is 1.98. The largest absolute Gasteiger partial charge is 0.369 e. The number of fused-ring (bicyclic) bond motifs is 5. The first-order chi connectivity index (χ1) is 11.8. The molecule has 1 unspecified atom stereocenters. The van der Waals surface area contributed by atoms with Crippen molar-refractivity contribution in [3.05, 3.63) is 58.4 Å². The van der Waals surface area contributed by atoms with Crippen LogP contribution in [0.3, 0.4) is 0 Å². The Bertz CT molecular complexity index is 986. The number of carbonyl (C=O) groups is 3. The Labute approximate surface area is 142 Å². The van der Waals surface area contributed by atoms with Gasteiger partial charge in [0.2, 0.25) is 5.91 Å². The molecule has 0 bridgehead atoms. The number of urea groups is 1. The Hall–Kier alpha value is -3.22. The van der Waals surface area contributed by atoms with Crippen LogP contribution >= 0.6 is 0 Å². The van der Waals surface area contributed by atoms with Crippen molar-refractivity contribution in [1.29, 1.82) is 0 Å². The second-order valence-corrected chi connectivity index (χ2v) is 6.34. The zero-order chi connectivity index (χ0) is 17.9. The number of amides is 4. The molecule has 1 aliphatic heterocycles. The maximum Gasteiger partial charge on any atom is 0.322 e. The van der Waals surface area contributed by atoms with Crippen LogP contribution in [0.4, 0.5) is 9.18 Å². The number of nitrogens with one attached hydrogen (secondary N) is 2. The molecule has 0 aromatic heterocycles.